The molecule has 2 N–H and O–H groups in total. The number of carbonyl (C=O) groups is 2. The molecule has 2 aliphatic rings. The highest BCUT2D eigenvalue weighted by Crippen LogP contribution is 2.38. The zero-order chi connectivity index (χ0) is 19.8. The molecular formula is C21H17N5O3. The number of H-pyrrole nitrogens is 1. The average Bonchev–Trinajstić information content (AvgIpc) is 3.41. The van der Waals surface area contributed by atoms with Crippen molar-refractivity contribution in [2.45, 2.75) is 24.8 Å². The fourth-order valence-corrected chi connectivity index (χ4v) is 4.48. The maximum absolute atomic E-state index is 12.4. The highest BCUT2D eigenvalue weighted by atomic mass is 16.3. The molecule has 1 fully saturated rings. The monoisotopic (exact) mass is 387 g/mol. The van der Waals surface area contributed by atoms with E-state index in [4.69, 9.17) is 4.42 Å². The van der Waals surface area contributed by atoms with Crippen LogP contribution in [0.15, 0.2) is 40.8 Å². The first kappa shape index (κ1) is 16.3. The number of nitrogens with zero attached hydrogens (tertiary/aromatic N) is 3. The minimum absolute atomic E-state index is 0.227. The van der Waals surface area contributed by atoms with E-state index >= 15 is 0 Å². The molecular weight excluding hydrogens is 370 g/mol. The second-order valence-corrected chi connectivity index (χ2v) is 7.78. The van der Waals surface area contributed by atoms with Gasteiger partial charge >= 0.3 is 6.03 Å². The average molecular weight is 387 g/mol. The van der Waals surface area contributed by atoms with E-state index in [9.17, 15) is 9.59 Å². The molecule has 1 atom stereocenters. The first-order valence-corrected chi connectivity index (χ1v) is 9.46. The van der Waals surface area contributed by atoms with Gasteiger partial charge in [-0.15, -0.1) is 0 Å². The Morgan fingerprint density at radius 1 is 1.10 bits per heavy atom. The Morgan fingerprint density at radius 3 is 2.66 bits per heavy atom. The molecule has 1 unspecified atom stereocenters. The number of hydrogen-bond donors (Lipinski definition) is 2. The van der Waals surface area contributed by atoms with Gasteiger partial charge in [0.15, 0.2) is 5.58 Å². The van der Waals surface area contributed by atoms with Crippen LogP contribution in [0.1, 0.15) is 22.8 Å². The molecule has 29 heavy (non-hydrogen) atoms. The summed E-state index contributed by atoms with van der Waals surface area (Å²) in [6, 6.07) is 11.4. The number of para-hydroxylation sites is 2. The number of fused-ring (bicyclic) bond motifs is 3. The van der Waals surface area contributed by atoms with Gasteiger partial charge in [0.25, 0.3) is 5.91 Å². The number of aromatic nitrogens is 3. The fourth-order valence-electron chi connectivity index (χ4n) is 4.48. The van der Waals surface area contributed by atoms with Gasteiger partial charge in [-0.1, -0.05) is 12.1 Å². The van der Waals surface area contributed by atoms with E-state index in [0.717, 1.165) is 39.1 Å². The van der Waals surface area contributed by atoms with Crippen molar-refractivity contribution in [1.29, 1.82) is 0 Å². The molecule has 0 radical (unpaired) electrons. The van der Waals surface area contributed by atoms with Gasteiger partial charge < -0.3 is 14.3 Å². The quantitative estimate of drug-likeness (QED) is 0.514. The molecule has 144 valence electrons. The van der Waals surface area contributed by atoms with E-state index < -0.39 is 5.54 Å². The highest BCUT2D eigenvalue weighted by Gasteiger charge is 2.54. The van der Waals surface area contributed by atoms with E-state index in [-0.39, 0.29) is 11.9 Å². The van der Waals surface area contributed by atoms with Crippen LogP contribution in [0.25, 0.3) is 22.1 Å². The van der Waals surface area contributed by atoms with Crippen molar-refractivity contribution < 1.29 is 14.0 Å². The van der Waals surface area contributed by atoms with Crippen LogP contribution in [0.5, 0.6) is 0 Å². The Bertz CT molecular complexity index is 1260. The van der Waals surface area contributed by atoms with Crippen molar-refractivity contribution in [2.24, 2.45) is 0 Å². The third kappa shape index (κ3) is 2.25. The number of imide groups is 1. The molecule has 1 spiro atoms. The number of hydrogen-bond acceptors (Lipinski definition) is 5. The van der Waals surface area contributed by atoms with E-state index in [0.29, 0.717) is 25.2 Å². The number of likely N-dealkylation sites (N-methyl/N-ethyl adjacent to an activating group) is 1. The summed E-state index contributed by atoms with van der Waals surface area (Å²) in [6.45, 7) is 0. The van der Waals surface area contributed by atoms with Crippen LogP contribution in [-0.4, -0.2) is 44.4 Å². The maximum atomic E-state index is 12.4. The molecule has 0 bridgehead atoms. The van der Waals surface area contributed by atoms with Gasteiger partial charge in [0.2, 0.25) is 5.89 Å². The van der Waals surface area contributed by atoms with Crippen LogP contribution in [0.3, 0.4) is 0 Å². The Hall–Kier alpha value is -3.68. The Balaban J connectivity index is 1.33. The topological polar surface area (TPSA) is 104 Å². The van der Waals surface area contributed by atoms with Gasteiger partial charge in [-0.2, -0.15) is 0 Å². The number of oxazole rings is 1. The third-order valence-corrected chi connectivity index (χ3v) is 6.06. The number of amides is 3. The Morgan fingerprint density at radius 2 is 1.90 bits per heavy atom. The van der Waals surface area contributed by atoms with E-state index in [1.165, 1.54) is 4.90 Å². The van der Waals surface area contributed by atoms with Crippen molar-refractivity contribution in [3.63, 3.8) is 0 Å². The second kappa shape index (κ2) is 5.44. The maximum Gasteiger partial charge on any atom is 0.324 e. The Kier molecular flexibility index (Phi) is 3.05. The van der Waals surface area contributed by atoms with Crippen LogP contribution in [0.4, 0.5) is 4.79 Å². The largest absolute Gasteiger partial charge is 0.440 e. The number of carbonyl (C=O) groups excluding carboxylic acids is 2. The predicted molar refractivity (Wildman–Crippen MR) is 104 cm³/mol. The van der Waals surface area contributed by atoms with E-state index in [1.54, 1.807) is 7.05 Å². The molecule has 1 aliphatic carbocycles. The van der Waals surface area contributed by atoms with Crippen molar-refractivity contribution in [1.82, 2.24) is 25.2 Å². The molecule has 2 aromatic carbocycles. The van der Waals surface area contributed by atoms with E-state index in [2.05, 4.69) is 20.3 Å². The number of rotatable bonds is 2. The van der Waals surface area contributed by atoms with Crippen molar-refractivity contribution >= 4 is 34.1 Å². The van der Waals surface area contributed by atoms with Crippen LogP contribution < -0.4 is 5.32 Å². The molecule has 1 aliphatic heterocycles. The molecule has 0 saturated carbocycles. The summed E-state index contributed by atoms with van der Waals surface area (Å²) in [7, 11) is 1.68. The van der Waals surface area contributed by atoms with E-state index in [1.807, 2.05) is 36.4 Å². The van der Waals surface area contributed by atoms with Crippen LogP contribution in [-0.2, 0) is 24.1 Å². The van der Waals surface area contributed by atoms with Crippen LogP contribution in [0.2, 0.25) is 0 Å². The lowest BCUT2D eigenvalue weighted by Crippen LogP contribution is -2.48. The summed E-state index contributed by atoms with van der Waals surface area (Å²) in [6.07, 6.45) is 1.48. The fraction of sp³-hybridized carbons (Fsp3) is 0.238. The highest BCUT2D eigenvalue weighted by molar-refractivity contribution is 6.07. The number of urea groups is 1. The van der Waals surface area contributed by atoms with Gasteiger partial charge in [-0.25, -0.2) is 14.8 Å². The molecule has 8 nitrogen and oxygen atoms in total. The molecule has 8 heteroatoms. The first-order valence-electron chi connectivity index (χ1n) is 9.46. The molecule has 2 aromatic heterocycles. The lowest BCUT2D eigenvalue weighted by Gasteiger charge is -2.27. The molecule has 1 saturated heterocycles. The zero-order valence-corrected chi connectivity index (χ0v) is 15.7. The normalized spacial score (nSPS) is 17.6. The lowest BCUT2D eigenvalue weighted by molar-refractivity contribution is -0.125. The number of aromatic amines is 1. The third-order valence-electron chi connectivity index (χ3n) is 6.06. The number of benzene rings is 2. The van der Waals surface area contributed by atoms with Gasteiger partial charge in [0, 0.05) is 19.9 Å². The minimum Gasteiger partial charge on any atom is -0.440 e. The van der Waals surface area contributed by atoms with Crippen molar-refractivity contribution in [3.8, 4) is 0 Å². The lowest BCUT2D eigenvalue weighted by atomic mass is 9.95. The van der Waals surface area contributed by atoms with Crippen LogP contribution in [0, 0.1) is 0 Å². The van der Waals surface area contributed by atoms with Crippen LogP contribution >= 0.6 is 0 Å². The number of nitrogens with one attached hydrogen (secondary N) is 2. The van der Waals surface area contributed by atoms with Gasteiger partial charge in [-0.3, -0.25) is 10.1 Å². The molecule has 4 aromatic rings. The van der Waals surface area contributed by atoms with Gasteiger partial charge in [0.05, 0.1) is 17.5 Å². The first-order chi connectivity index (χ1) is 14.0. The van der Waals surface area contributed by atoms with Gasteiger partial charge in [0.1, 0.15) is 16.9 Å². The molecule has 6 rings (SSSR count). The second-order valence-electron chi connectivity index (χ2n) is 7.78. The van der Waals surface area contributed by atoms with Crippen molar-refractivity contribution in [2.75, 3.05) is 7.05 Å². The summed E-state index contributed by atoms with van der Waals surface area (Å²) in [5, 5.41) is 2.42. The van der Waals surface area contributed by atoms with Crippen molar-refractivity contribution in [3.05, 3.63) is 59.2 Å². The summed E-state index contributed by atoms with van der Waals surface area (Å²) in [5.74, 6) is 1.16. The SMILES string of the molecule is CN1C(=O)NC(=O)C12Cc1cc3nc(Cc4nc5ccccc5o4)[nH]c3cc1C2. The predicted octanol–water partition coefficient (Wildman–Crippen LogP) is 2.31. The summed E-state index contributed by atoms with van der Waals surface area (Å²) in [4.78, 5) is 38.4. The zero-order valence-electron chi connectivity index (χ0n) is 15.7. The minimum atomic E-state index is -0.820. The van der Waals surface area contributed by atoms with Gasteiger partial charge in [-0.05, 0) is 35.4 Å². The summed E-state index contributed by atoms with van der Waals surface area (Å²) in [5.41, 5.74) is 4.62. The number of imidazole rings is 1. The standard InChI is InChI=1S/C21H17N5O3/c1-26-20(28)25-19(27)21(26)9-11-6-14-15(7-12(11)10-21)23-17(22-14)8-18-24-13-4-2-3-5-16(13)29-18/h2-7H,8-10H2,1H3,(H,22,23)(H,25,27,28). The summed E-state index contributed by atoms with van der Waals surface area (Å²) >= 11 is 0. The molecule has 3 amide bonds. The Labute approximate surface area is 164 Å². The molecule has 3 heterocycles. The summed E-state index contributed by atoms with van der Waals surface area (Å²) < 4.78 is 5.79. The smallest absolute Gasteiger partial charge is 0.324 e.